The standard InChI is InChI=1S/C22H22N2OS/c1-4-6-7-8-10-19(18-11-9-13-23-16(18)3)21(25)20-15-17-12-14-26-22(17)24(20)5-2/h9-15H,4-6H2,1-3H3/b19-10+. The second-order valence-corrected chi connectivity index (χ2v) is 6.94. The summed E-state index contributed by atoms with van der Waals surface area (Å²) in [5.41, 5.74) is 3.00. The van der Waals surface area contributed by atoms with E-state index in [0.29, 0.717) is 11.3 Å². The number of hydrogen-bond acceptors (Lipinski definition) is 3. The fourth-order valence-electron chi connectivity index (χ4n) is 2.97. The average molecular weight is 362 g/mol. The van der Waals surface area contributed by atoms with E-state index >= 15 is 0 Å². The molecule has 0 aliphatic carbocycles. The first kappa shape index (κ1) is 18.2. The van der Waals surface area contributed by atoms with Gasteiger partial charge in [-0.05, 0) is 43.8 Å². The molecule has 0 aliphatic heterocycles. The lowest BCUT2D eigenvalue weighted by Gasteiger charge is -2.11. The second-order valence-electron chi connectivity index (χ2n) is 6.05. The maximum absolute atomic E-state index is 13.4. The van der Waals surface area contributed by atoms with Crippen molar-refractivity contribution in [3.63, 3.8) is 0 Å². The molecule has 0 unspecified atom stereocenters. The summed E-state index contributed by atoms with van der Waals surface area (Å²) in [6.45, 7) is 6.84. The van der Waals surface area contributed by atoms with E-state index in [4.69, 9.17) is 0 Å². The molecule has 3 nitrogen and oxygen atoms in total. The highest BCUT2D eigenvalue weighted by Crippen LogP contribution is 2.29. The van der Waals surface area contributed by atoms with Crippen molar-refractivity contribution in [2.75, 3.05) is 0 Å². The van der Waals surface area contributed by atoms with Crippen molar-refractivity contribution in [1.82, 2.24) is 9.55 Å². The van der Waals surface area contributed by atoms with Gasteiger partial charge in [-0.1, -0.05) is 24.8 Å². The molecule has 0 radical (unpaired) electrons. The van der Waals surface area contributed by atoms with Gasteiger partial charge in [-0.2, -0.15) is 0 Å². The number of allylic oxidation sites excluding steroid dienone is 2. The highest BCUT2D eigenvalue weighted by Gasteiger charge is 2.21. The molecule has 3 heterocycles. The molecule has 0 saturated carbocycles. The molecule has 0 spiro atoms. The number of aromatic nitrogens is 2. The van der Waals surface area contributed by atoms with Crippen LogP contribution < -0.4 is 0 Å². The first-order valence-corrected chi connectivity index (χ1v) is 9.77. The number of carbonyl (C=O) groups excluding carboxylic acids is 1. The molecule has 0 amide bonds. The van der Waals surface area contributed by atoms with Gasteiger partial charge < -0.3 is 4.57 Å². The summed E-state index contributed by atoms with van der Waals surface area (Å²) in [7, 11) is 0. The van der Waals surface area contributed by atoms with Crippen molar-refractivity contribution in [3.8, 4) is 11.8 Å². The van der Waals surface area contributed by atoms with Gasteiger partial charge in [0.05, 0.1) is 5.69 Å². The van der Waals surface area contributed by atoms with Gasteiger partial charge in [0.25, 0.3) is 0 Å². The van der Waals surface area contributed by atoms with E-state index in [1.165, 1.54) is 0 Å². The third-order valence-electron chi connectivity index (χ3n) is 4.29. The number of pyridine rings is 1. The molecule has 3 aromatic heterocycles. The number of aryl methyl sites for hydroxylation is 2. The molecule has 0 aliphatic rings. The summed E-state index contributed by atoms with van der Waals surface area (Å²) >= 11 is 1.66. The molecular formula is C22H22N2OS. The molecule has 0 saturated heterocycles. The van der Waals surface area contributed by atoms with Crippen molar-refractivity contribution in [3.05, 3.63) is 58.9 Å². The number of thiophene rings is 1. The van der Waals surface area contributed by atoms with Crippen molar-refractivity contribution < 1.29 is 4.79 Å². The molecule has 0 atom stereocenters. The van der Waals surface area contributed by atoms with Gasteiger partial charge in [0.15, 0.2) is 0 Å². The van der Waals surface area contributed by atoms with Crippen LogP contribution in [0, 0.1) is 18.8 Å². The molecule has 0 N–H and O–H groups in total. The van der Waals surface area contributed by atoms with Gasteiger partial charge in [-0.25, -0.2) is 0 Å². The van der Waals surface area contributed by atoms with Crippen LogP contribution in [-0.4, -0.2) is 15.3 Å². The molecule has 0 bridgehead atoms. The van der Waals surface area contributed by atoms with E-state index in [2.05, 4.69) is 46.7 Å². The van der Waals surface area contributed by atoms with Gasteiger partial charge in [0, 0.05) is 47.5 Å². The number of carbonyl (C=O) groups is 1. The highest BCUT2D eigenvalue weighted by molar-refractivity contribution is 7.16. The van der Waals surface area contributed by atoms with Crippen molar-refractivity contribution in [2.24, 2.45) is 0 Å². The van der Waals surface area contributed by atoms with E-state index < -0.39 is 0 Å². The normalized spacial score (nSPS) is 11.4. The molecule has 3 rings (SSSR count). The van der Waals surface area contributed by atoms with Crippen LogP contribution in [0.15, 0.2) is 41.9 Å². The predicted molar refractivity (Wildman–Crippen MR) is 109 cm³/mol. The molecule has 132 valence electrons. The van der Waals surface area contributed by atoms with Crippen LogP contribution in [0.4, 0.5) is 0 Å². The van der Waals surface area contributed by atoms with Crippen molar-refractivity contribution >= 4 is 32.9 Å². The summed E-state index contributed by atoms with van der Waals surface area (Å²) in [6.07, 6.45) is 5.33. The van der Waals surface area contributed by atoms with Crippen LogP contribution in [0.2, 0.25) is 0 Å². The summed E-state index contributed by atoms with van der Waals surface area (Å²) in [5.74, 6) is 6.17. The summed E-state index contributed by atoms with van der Waals surface area (Å²) in [4.78, 5) is 18.9. The number of ketones is 1. The lowest BCUT2D eigenvalue weighted by atomic mass is 9.98. The van der Waals surface area contributed by atoms with Crippen LogP contribution in [0.5, 0.6) is 0 Å². The Kier molecular flexibility index (Phi) is 5.70. The number of rotatable bonds is 5. The topological polar surface area (TPSA) is 34.9 Å². The average Bonchev–Trinajstić information content (AvgIpc) is 3.23. The monoisotopic (exact) mass is 362 g/mol. The van der Waals surface area contributed by atoms with Gasteiger partial charge in [0.2, 0.25) is 5.78 Å². The largest absolute Gasteiger partial charge is 0.330 e. The SMILES string of the molecule is CCCC#C/C=C(/C(=O)c1cc2ccsc2n1CC)c1cccnc1C. The lowest BCUT2D eigenvalue weighted by Crippen LogP contribution is -2.11. The Labute approximate surface area is 158 Å². The maximum atomic E-state index is 13.4. The number of fused-ring (bicyclic) bond motifs is 1. The number of Topliss-reactive ketones (excluding diaryl/α,β-unsaturated/α-hetero) is 1. The van der Waals surface area contributed by atoms with Crippen LogP contribution >= 0.6 is 11.3 Å². The zero-order valence-corrected chi connectivity index (χ0v) is 16.2. The van der Waals surface area contributed by atoms with E-state index in [1.807, 2.05) is 25.1 Å². The van der Waals surface area contributed by atoms with Gasteiger partial charge >= 0.3 is 0 Å². The zero-order chi connectivity index (χ0) is 18.5. The Hall–Kier alpha value is -2.64. The van der Waals surface area contributed by atoms with Crippen LogP contribution in [-0.2, 0) is 6.54 Å². The van der Waals surface area contributed by atoms with Gasteiger partial charge in [-0.3, -0.25) is 9.78 Å². The van der Waals surface area contributed by atoms with Crippen LogP contribution in [0.25, 0.3) is 15.8 Å². The van der Waals surface area contributed by atoms with Crippen molar-refractivity contribution in [1.29, 1.82) is 0 Å². The Morgan fingerprint density at radius 1 is 1.35 bits per heavy atom. The molecule has 0 aromatic carbocycles. The first-order valence-electron chi connectivity index (χ1n) is 8.89. The Balaban J connectivity index is 2.11. The highest BCUT2D eigenvalue weighted by atomic mass is 32.1. The minimum atomic E-state index is -0.00264. The first-order chi connectivity index (χ1) is 12.7. The van der Waals surface area contributed by atoms with Crippen LogP contribution in [0.1, 0.15) is 48.4 Å². The summed E-state index contributed by atoms with van der Waals surface area (Å²) in [5, 5.41) is 3.17. The van der Waals surface area contributed by atoms with Crippen LogP contribution in [0.3, 0.4) is 0 Å². The third-order valence-corrected chi connectivity index (χ3v) is 5.24. The molecule has 4 heteroatoms. The fraction of sp³-hybridized carbons (Fsp3) is 0.273. The van der Waals surface area contributed by atoms with Gasteiger partial charge in [0.1, 0.15) is 4.83 Å². The maximum Gasteiger partial charge on any atom is 0.210 e. The minimum absolute atomic E-state index is 0.00264. The number of hydrogen-bond donors (Lipinski definition) is 0. The number of nitrogens with zero attached hydrogens (tertiary/aromatic N) is 2. The van der Waals surface area contributed by atoms with E-state index in [-0.39, 0.29) is 5.78 Å². The summed E-state index contributed by atoms with van der Waals surface area (Å²) < 4.78 is 2.08. The zero-order valence-electron chi connectivity index (χ0n) is 15.4. The Bertz CT molecular complexity index is 1030. The quantitative estimate of drug-likeness (QED) is 0.341. The third kappa shape index (κ3) is 3.49. The van der Waals surface area contributed by atoms with E-state index in [0.717, 1.165) is 40.9 Å². The Morgan fingerprint density at radius 3 is 2.92 bits per heavy atom. The van der Waals surface area contributed by atoms with Gasteiger partial charge in [-0.15, -0.1) is 11.3 Å². The summed E-state index contributed by atoms with van der Waals surface area (Å²) in [6, 6.07) is 7.84. The molecule has 0 fully saturated rings. The Morgan fingerprint density at radius 2 is 2.19 bits per heavy atom. The predicted octanol–water partition coefficient (Wildman–Crippen LogP) is 5.50. The molecular weight excluding hydrogens is 340 g/mol. The number of unbranched alkanes of at least 4 members (excludes halogenated alkanes) is 1. The molecule has 26 heavy (non-hydrogen) atoms. The molecule has 3 aromatic rings. The minimum Gasteiger partial charge on any atom is -0.330 e. The lowest BCUT2D eigenvalue weighted by molar-refractivity contribution is 0.104. The van der Waals surface area contributed by atoms with E-state index in [9.17, 15) is 4.79 Å². The second kappa shape index (κ2) is 8.16. The smallest absolute Gasteiger partial charge is 0.210 e. The fourth-order valence-corrected chi connectivity index (χ4v) is 3.93. The van der Waals surface area contributed by atoms with Crippen molar-refractivity contribution in [2.45, 2.75) is 40.2 Å². The van der Waals surface area contributed by atoms with E-state index in [1.54, 1.807) is 23.6 Å².